The SMILES string of the molecule is O=c1c2cccnc2ncn1CCC1CCCOC1. The summed E-state index contributed by atoms with van der Waals surface area (Å²) in [6.45, 7) is 2.39. The molecule has 0 N–H and O–H groups in total. The molecule has 2 aromatic rings. The van der Waals surface area contributed by atoms with Crippen molar-refractivity contribution in [2.45, 2.75) is 25.8 Å². The molecule has 0 bridgehead atoms. The monoisotopic (exact) mass is 259 g/mol. The van der Waals surface area contributed by atoms with Crippen molar-refractivity contribution in [3.05, 3.63) is 35.0 Å². The summed E-state index contributed by atoms with van der Waals surface area (Å²) in [5.41, 5.74) is 0.513. The van der Waals surface area contributed by atoms with E-state index in [9.17, 15) is 4.79 Å². The van der Waals surface area contributed by atoms with Crippen LogP contribution in [0.1, 0.15) is 19.3 Å². The number of aryl methyl sites for hydroxylation is 1. The molecule has 100 valence electrons. The summed E-state index contributed by atoms with van der Waals surface area (Å²) in [6, 6.07) is 3.54. The van der Waals surface area contributed by atoms with E-state index in [1.54, 1.807) is 29.2 Å². The Kier molecular flexibility index (Phi) is 3.55. The van der Waals surface area contributed by atoms with Crippen molar-refractivity contribution in [2.75, 3.05) is 13.2 Å². The van der Waals surface area contributed by atoms with Crippen molar-refractivity contribution in [3.63, 3.8) is 0 Å². The smallest absolute Gasteiger partial charge is 0.262 e. The lowest BCUT2D eigenvalue weighted by Crippen LogP contribution is -2.24. The van der Waals surface area contributed by atoms with E-state index >= 15 is 0 Å². The predicted octanol–water partition coefficient (Wildman–Crippen LogP) is 1.61. The molecule has 1 unspecified atom stereocenters. The number of hydrogen-bond acceptors (Lipinski definition) is 4. The van der Waals surface area contributed by atoms with Crippen LogP contribution in [0, 0.1) is 5.92 Å². The summed E-state index contributed by atoms with van der Waals surface area (Å²) in [4.78, 5) is 20.6. The van der Waals surface area contributed by atoms with Gasteiger partial charge in [0, 0.05) is 26.0 Å². The fraction of sp³-hybridized carbons (Fsp3) is 0.500. The lowest BCUT2D eigenvalue weighted by atomic mass is 9.99. The number of rotatable bonds is 3. The molecule has 2 aromatic heterocycles. The van der Waals surface area contributed by atoms with Gasteiger partial charge in [-0.1, -0.05) is 0 Å². The number of ether oxygens (including phenoxy) is 1. The summed E-state index contributed by atoms with van der Waals surface area (Å²) in [6.07, 6.45) is 6.53. The molecule has 1 saturated heterocycles. The van der Waals surface area contributed by atoms with Crippen LogP contribution in [0.4, 0.5) is 0 Å². The van der Waals surface area contributed by atoms with Crippen LogP contribution < -0.4 is 5.56 Å². The molecule has 0 spiro atoms. The zero-order chi connectivity index (χ0) is 13.1. The van der Waals surface area contributed by atoms with Crippen molar-refractivity contribution in [2.24, 2.45) is 5.92 Å². The Morgan fingerprint density at radius 3 is 3.21 bits per heavy atom. The van der Waals surface area contributed by atoms with E-state index in [-0.39, 0.29) is 5.56 Å². The van der Waals surface area contributed by atoms with Crippen molar-refractivity contribution in [1.82, 2.24) is 14.5 Å². The molecule has 1 atom stereocenters. The lowest BCUT2D eigenvalue weighted by molar-refractivity contribution is 0.0499. The molecule has 5 nitrogen and oxygen atoms in total. The van der Waals surface area contributed by atoms with Gasteiger partial charge in [-0.2, -0.15) is 0 Å². The van der Waals surface area contributed by atoms with Crippen molar-refractivity contribution < 1.29 is 4.74 Å². The van der Waals surface area contributed by atoms with Crippen molar-refractivity contribution in [1.29, 1.82) is 0 Å². The van der Waals surface area contributed by atoms with E-state index in [0.29, 0.717) is 23.5 Å². The minimum absolute atomic E-state index is 0.00479. The predicted molar refractivity (Wildman–Crippen MR) is 72.0 cm³/mol. The molecule has 1 aliphatic rings. The van der Waals surface area contributed by atoms with Gasteiger partial charge in [-0.05, 0) is 37.3 Å². The van der Waals surface area contributed by atoms with E-state index in [0.717, 1.165) is 26.1 Å². The second kappa shape index (κ2) is 5.48. The number of hydrogen-bond donors (Lipinski definition) is 0. The second-order valence-electron chi connectivity index (χ2n) is 4.99. The molecule has 0 saturated carbocycles. The fourth-order valence-corrected chi connectivity index (χ4v) is 2.51. The first-order valence-corrected chi connectivity index (χ1v) is 6.72. The number of nitrogens with zero attached hydrogens (tertiary/aromatic N) is 3. The van der Waals surface area contributed by atoms with Gasteiger partial charge in [0.25, 0.3) is 5.56 Å². The van der Waals surface area contributed by atoms with E-state index in [2.05, 4.69) is 9.97 Å². The number of aromatic nitrogens is 3. The molecule has 19 heavy (non-hydrogen) atoms. The number of fused-ring (bicyclic) bond motifs is 1. The zero-order valence-electron chi connectivity index (χ0n) is 10.8. The highest BCUT2D eigenvalue weighted by Gasteiger charge is 2.14. The first-order chi connectivity index (χ1) is 9.34. The van der Waals surface area contributed by atoms with Crippen LogP contribution in [0.5, 0.6) is 0 Å². The largest absolute Gasteiger partial charge is 0.381 e. The third kappa shape index (κ3) is 2.66. The highest BCUT2D eigenvalue weighted by molar-refractivity contribution is 5.72. The molecular weight excluding hydrogens is 242 g/mol. The maximum atomic E-state index is 12.3. The Bertz CT molecular complexity index is 617. The second-order valence-corrected chi connectivity index (χ2v) is 4.99. The fourth-order valence-electron chi connectivity index (χ4n) is 2.51. The summed E-state index contributed by atoms with van der Waals surface area (Å²) in [5, 5.41) is 0.588. The Balaban J connectivity index is 1.77. The Hall–Kier alpha value is -1.75. The Labute approximate surface area is 111 Å². The van der Waals surface area contributed by atoms with Crippen molar-refractivity contribution >= 4 is 11.0 Å². The lowest BCUT2D eigenvalue weighted by Gasteiger charge is -2.22. The van der Waals surface area contributed by atoms with Crippen LogP contribution >= 0.6 is 0 Å². The minimum atomic E-state index is -0.00479. The van der Waals surface area contributed by atoms with Gasteiger partial charge >= 0.3 is 0 Å². The summed E-state index contributed by atoms with van der Waals surface area (Å²) in [7, 11) is 0. The van der Waals surface area contributed by atoms with Gasteiger partial charge in [-0.25, -0.2) is 9.97 Å². The highest BCUT2D eigenvalue weighted by atomic mass is 16.5. The average molecular weight is 259 g/mol. The van der Waals surface area contributed by atoms with Gasteiger partial charge < -0.3 is 4.74 Å². The van der Waals surface area contributed by atoms with Gasteiger partial charge in [0.05, 0.1) is 11.7 Å². The van der Waals surface area contributed by atoms with Crippen LogP contribution in [-0.2, 0) is 11.3 Å². The minimum Gasteiger partial charge on any atom is -0.381 e. The van der Waals surface area contributed by atoms with Crippen LogP contribution in [0.3, 0.4) is 0 Å². The first-order valence-electron chi connectivity index (χ1n) is 6.72. The molecule has 0 radical (unpaired) electrons. The highest BCUT2D eigenvalue weighted by Crippen LogP contribution is 2.17. The molecule has 3 heterocycles. The van der Waals surface area contributed by atoms with E-state index < -0.39 is 0 Å². The van der Waals surface area contributed by atoms with Gasteiger partial charge in [0.15, 0.2) is 5.65 Å². The van der Waals surface area contributed by atoms with Crippen LogP contribution in [0.2, 0.25) is 0 Å². The Morgan fingerprint density at radius 2 is 2.37 bits per heavy atom. The van der Waals surface area contributed by atoms with E-state index in [1.165, 1.54) is 6.42 Å². The van der Waals surface area contributed by atoms with Crippen molar-refractivity contribution in [3.8, 4) is 0 Å². The normalized spacial score (nSPS) is 19.7. The molecule has 5 heteroatoms. The first kappa shape index (κ1) is 12.3. The zero-order valence-corrected chi connectivity index (χ0v) is 10.8. The molecule has 3 rings (SSSR count). The van der Waals surface area contributed by atoms with E-state index in [4.69, 9.17) is 4.74 Å². The van der Waals surface area contributed by atoms with Crippen LogP contribution in [0.25, 0.3) is 11.0 Å². The van der Waals surface area contributed by atoms with Gasteiger partial charge in [-0.3, -0.25) is 9.36 Å². The standard InChI is InChI=1S/C14H17N3O2/c18-14-12-4-1-6-15-13(12)16-10-17(14)7-5-11-3-2-8-19-9-11/h1,4,6,10-11H,2-3,5,7-9H2. The van der Waals surface area contributed by atoms with Crippen LogP contribution in [-0.4, -0.2) is 27.7 Å². The van der Waals surface area contributed by atoms with Gasteiger partial charge in [0.2, 0.25) is 0 Å². The average Bonchev–Trinajstić information content (AvgIpc) is 2.48. The van der Waals surface area contributed by atoms with Gasteiger partial charge in [-0.15, -0.1) is 0 Å². The van der Waals surface area contributed by atoms with E-state index in [1.807, 2.05) is 0 Å². The third-order valence-electron chi connectivity index (χ3n) is 3.63. The van der Waals surface area contributed by atoms with Gasteiger partial charge in [0.1, 0.15) is 0 Å². The molecule has 0 aromatic carbocycles. The quantitative estimate of drug-likeness (QED) is 0.840. The Morgan fingerprint density at radius 1 is 1.42 bits per heavy atom. The molecule has 1 aliphatic heterocycles. The summed E-state index contributed by atoms with van der Waals surface area (Å²) < 4.78 is 7.14. The molecular formula is C14H17N3O2. The topological polar surface area (TPSA) is 57.0 Å². The summed E-state index contributed by atoms with van der Waals surface area (Å²) >= 11 is 0. The van der Waals surface area contributed by atoms with Crippen LogP contribution in [0.15, 0.2) is 29.5 Å². The molecule has 0 aliphatic carbocycles. The summed E-state index contributed by atoms with van der Waals surface area (Å²) in [5.74, 6) is 0.560. The molecule has 0 amide bonds. The number of pyridine rings is 1. The maximum absolute atomic E-state index is 12.3. The molecule has 1 fully saturated rings. The third-order valence-corrected chi connectivity index (χ3v) is 3.63. The maximum Gasteiger partial charge on any atom is 0.262 e.